The van der Waals surface area contributed by atoms with Crippen LogP contribution in [0, 0.1) is 5.92 Å². The fraction of sp³-hybridized carbons (Fsp3) is 0.500. The van der Waals surface area contributed by atoms with E-state index in [1.807, 2.05) is 6.07 Å². The standard InChI is InChI=1S/C20H27N7O/c21-16(13-4-2-1-3-5-13)10-15(28)12-23-20-22-9-8-18(25-20)24-19-11-17(26-27-19)14-6-7-14/h8-11,13-14H,1-7,12,21H2,(H3,22,23,24,25,26,27)/b16-10-. The van der Waals surface area contributed by atoms with Crippen LogP contribution in [0.2, 0.25) is 0 Å². The van der Waals surface area contributed by atoms with E-state index in [0.717, 1.165) is 24.4 Å². The molecule has 2 saturated carbocycles. The topological polar surface area (TPSA) is 122 Å². The number of nitrogens with one attached hydrogen (secondary N) is 3. The highest BCUT2D eigenvalue weighted by molar-refractivity contribution is 5.93. The smallest absolute Gasteiger partial charge is 0.224 e. The van der Waals surface area contributed by atoms with Gasteiger partial charge in [-0.2, -0.15) is 10.1 Å². The van der Waals surface area contributed by atoms with E-state index in [9.17, 15) is 4.79 Å². The third kappa shape index (κ3) is 4.88. The number of rotatable bonds is 8. The highest BCUT2D eigenvalue weighted by Crippen LogP contribution is 2.39. The molecule has 0 radical (unpaired) electrons. The van der Waals surface area contributed by atoms with E-state index in [2.05, 4.69) is 30.8 Å². The molecule has 2 aromatic rings. The molecular formula is C20H27N7O. The van der Waals surface area contributed by atoms with Crippen molar-refractivity contribution in [2.24, 2.45) is 11.7 Å². The van der Waals surface area contributed by atoms with Crippen molar-refractivity contribution in [3.05, 3.63) is 35.8 Å². The number of anilines is 3. The maximum absolute atomic E-state index is 12.2. The van der Waals surface area contributed by atoms with Crippen LogP contribution in [0.1, 0.15) is 56.6 Å². The molecule has 2 aliphatic carbocycles. The Kier molecular flexibility index (Phi) is 5.55. The van der Waals surface area contributed by atoms with Crippen LogP contribution in [-0.4, -0.2) is 32.5 Å². The maximum atomic E-state index is 12.2. The summed E-state index contributed by atoms with van der Waals surface area (Å²) < 4.78 is 0. The molecule has 2 aliphatic rings. The summed E-state index contributed by atoms with van der Waals surface area (Å²) in [4.78, 5) is 20.8. The van der Waals surface area contributed by atoms with E-state index in [1.54, 1.807) is 18.3 Å². The van der Waals surface area contributed by atoms with Gasteiger partial charge in [0.05, 0.1) is 6.54 Å². The zero-order valence-corrected chi connectivity index (χ0v) is 15.9. The van der Waals surface area contributed by atoms with Crippen molar-refractivity contribution < 1.29 is 4.79 Å². The van der Waals surface area contributed by atoms with Gasteiger partial charge in [0.25, 0.3) is 0 Å². The Bertz CT molecular complexity index is 850. The van der Waals surface area contributed by atoms with Crippen molar-refractivity contribution in [1.29, 1.82) is 0 Å². The van der Waals surface area contributed by atoms with E-state index < -0.39 is 0 Å². The van der Waals surface area contributed by atoms with Gasteiger partial charge in [-0.3, -0.25) is 9.89 Å². The van der Waals surface area contributed by atoms with Crippen LogP contribution in [0.15, 0.2) is 30.1 Å². The minimum absolute atomic E-state index is 0.0635. The zero-order valence-electron chi connectivity index (χ0n) is 15.9. The lowest BCUT2D eigenvalue weighted by Crippen LogP contribution is -2.19. The number of ketones is 1. The van der Waals surface area contributed by atoms with E-state index in [-0.39, 0.29) is 12.3 Å². The first-order chi connectivity index (χ1) is 13.7. The molecule has 8 heteroatoms. The van der Waals surface area contributed by atoms with E-state index >= 15 is 0 Å². The highest BCUT2D eigenvalue weighted by Gasteiger charge is 2.25. The van der Waals surface area contributed by atoms with Crippen molar-refractivity contribution in [2.45, 2.75) is 50.9 Å². The highest BCUT2D eigenvalue weighted by atomic mass is 16.1. The van der Waals surface area contributed by atoms with Gasteiger partial charge in [-0.15, -0.1) is 0 Å². The lowest BCUT2D eigenvalue weighted by molar-refractivity contribution is -0.113. The number of aromatic nitrogens is 4. The Morgan fingerprint density at radius 2 is 2.04 bits per heavy atom. The number of carbonyl (C=O) groups is 1. The Hall–Kier alpha value is -2.90. The second-order valence-electron chi connectivity index (χ2n) is 7.67. The van der Waals surface area contributed by atoms with Crippen molar-refractivity contribution in [3.63, 3.8) is 0 Å². The number of allylic oxidation sites excluding steroid dienone is 1. The minimum Gasteiger partial charge on any atom is -0.402 e. The van der Waals surface area contributed by atoms with Gasteiger partial charge >= 0.3 is 0 Å². The summed E-state index contributed by atoms with van der Waals surface area (Å²) in [6.45, 7) is 0.116. The van der Waals surface area contributed by atoms with Crippen LogP contribution < -0.4 is 16.4 Å². The largest absolute Gasteiger partial charge is 0.402 e. The van der Waals surface area contributed by atoms with Crippen molar-refractivity contribution in [1.82, 2.24) is 20.2 Å². The Labute approximate surface area is 164 Å². The number of aromatic amines is 1. The fourth-order valence-electron chi connectivity index (χ4n) is 3.61. The molecule has 0 saturated heterocycles. The van der Waals surface area contributed by atoms with Gasteiger partial charge in [0.15, 0.2) is 11.6 Å². The predicted octanol–water partition coefficient (Wildman–Crippen LogP) is 3.22. The van der Waals surface area contributed by atoms with E-state index in [4.69, 9.17) is 5.73 Å². The summed E-state index contributed by atoms with van der Waals surface area (Å²) in [6, 6.07) is 3.77. The summed E-state index contributed by atoms with van der Waals surface area (Å²) in [7, 11) is 0. The first-order valence-electron chi connectivity index (χ1n) is 10.1. The average Bonchev–Trinajstić information content (AvgIpc) is 3.47. The number of H-pyrrole nitrogens is 1. The van der Waals surface area contributed by atoms with Gasteiger partial charge in [0.1, 0.15) is 5.82 Å². The second-order valence-corrected chi connectivity index (χ2v) is 7.67. The molecule has 0 amide bonds. The van der Waals surface area contributed by atoms with Gasteiger partial charge in [0, 0.05) is 35.6 Å². The number of carbonyl (C=O) groups excluding carboxylic acids is 1. The quantitative estimate of drug-likeness (QED) is 0.518. The molecule has 2 heterocycles. The van der Waals surface area contributed by atoms with Gasteiger partial charge in [-0.1, -0.05) is 19.3 Å². The van der Waals surface area contributed by atoms with Crippen LogP contribution in [0.25, 0.3) is 0 Å². The van der Waals surface area contributed by atoms with Crippen LogP contribution >= 0.6 is 0 Å². The molecule has 2 fully saturated rings. The Morgan fingerprint density at radius 3 is 2.82 bits per heavy atom. The zero-order chi connectivity index (χ0) is 19.3. The lowest BCUT2D eigenvalue weighted by atomic mass is 9.87. The maximum Gasteiger partial charge on any atom is 0.224 e. The summed E-state index contributed by atoms with van der Waals surface area (Å²) in [5.41, 5.74) is 7.97. The normalized spacial score (nSPS) is 18.1. The van der Waals surface area contributed by atoms with Crippen molar-refractivity contribution >= 4 is 23.4 Å². The summed E-state index contributed by atoms with van der Waals surface area (Å²) >= 11 is 0. The molecule has 28 heavy (non-hydrogen) atoms. The number of nitrogens with two attached hydrogens (primary N) is 1. The lowest BCUT2D eigenvalue weighted by Gasteiger charge is -2.21. The third-order valence-corrected chi connectivity index (χ3v) is 5.35. The number of nitrogens with zero attached hydrogens (tertiary/aromatic N) is 3. The first kappa shape index (κ1) is 18.5. The molecule has 0 aromatic carbocycles. The monoisotopic (exact) mass is 381 g/mol. The van der Waals surface area contributed by atoms with Crippen LogP contribution in [0.5, 0.6) is 0 Å². The Balaban J connectivity index is 1.30. The molecule has 0 spiro atoms. The predicted molar refractivity (Wildman–Crippen MR) is 108 cm³/mol. The molecule has 8 nitrogen and oxygen atoms in total. The van der Waals surface area contributed by atoms with Gasteiger partial charge in [0.2, 0.25) is 5.95 Å². The second kappa shape index (κ2) is 8.41. The average molecular weight is 381 g/mol. The minimum atomic E-state index is -0.0635. The first-order valence-corrected chi connectivity index (χ1v) is 10.1. The number of hydrogen-bond acceptors (Lipinski definition) is 7. The van der Waals surface area contributed by atoms with Gasteiger partial charge in [-0.25, -0.2) is 4.98 Å². The van der Waals surface area contributed by atoms with Crippen LogP contribution in [-0.2, 0) is 4.79 Å². The third-order valence-electron chi connectivity index (χ3n) is 5.35. The molecule has 0 atom stereocenters. The molecule has 0 unspecified atom stereocenters. The van der Waals surface area contributed by atoms with E-state index in [0.29, 0.717) is 29.3 Å². The van der Waals surface area contributed by atoms with Gasteiger partial charge in [-0.05, 0) is 37.7 Å². The molecule has 5 N–H and O–H groups in total. The molecule has 4 rings (SSSR count). The molecule has 0 aliphatic heterocycles. The SMILES string of the molecule is N/C(=C\C(=O)CNc1nccc(Nc2cc(C3CC3)[nH]n2)n1)C1CCCCC1. The Morgan fingerprint density at radius 1 is 1.21 bits per heavy atom. The van der Waals surface area contributed by atoms with E-state index in [1.165, 1.54) is 32.1 Å². The summed E-state index contributed by atoms with van der Waals surface area (Å²) in [6.07, 6.45) is 11.5. The van der Waals surface area contributed by atoms with Gasteiger partial charge < -0.3 is 16.4 Å². The number of hydrogen-bond donors (Lipinski definition) is 4. The summed E-state index contributed by atoms with van der Waals surface area (Å²) in [5.74, 6) is 2.64. The molecule has 2 aromatic heterocycles. The molecular weight excluding hydrogens is 354 g/mol. The fourth-order valence-corrected chi connectivity index (χ4v) is 3.61. The summed E-state index contributed by atoms with van der Waals surface area (Å²) in [5, 5.41) is 13.4. The molecule has 148 valence electrons. The molecule has 0 bridgehead atoms. The van der Waals surface area contributed by atoms with Crippen LogP contribution in [0.3, 0.4) is 0 Å². The van der Waals surface area contributed by atoms with Crippen molar-refractivity contribution in [2.75, 3.05) is 17.2 Å². The van der Waals surface area contributed by atoms with Crippen molar-refractivity contribution in [3.8, 4) is 0 Å². The van der Waals surface area contributed by atoms with Crippen LogP contribution in [0.4, 0.5) is 17.6 Å².